The summed E-state index contributed by atoms with van der Waals surface area (Å²) >= 11 is 3.40. The molecule has 3 nitrogen and oxygen atoms in total. The van der Waals surface area contributed by atoms with E-state index in [9.17, 15) is 8.42 Å². The molecular weight excluding hydrogens is 302 g/mol. The Morgan fingerprint density at radius 2 is 2.00 bits per heavy atom. The van der Waals surface area contributed by atoms with Gasteiger partial charge in [0.25, 0.3) is 0 Å². The first-order valence-electron chi connectivity index (χ1n) is 5.56. The van der Waals surface area contributed by atoms with Gasteiger partial charge in [0.1, 0.15) is 0 Å². The van der Waals surface area contributed by atoms with Crippen molar-refractivity contribution in [3.8, 4) is 0 Å². The van der Waals surface area contributed by atoms with Crippen molar-refractivity contribution >= 4 is 26.0 Å². The van der Waals surface area contributed by atoms with Crippen LogP contribution in [0.5, 0.6) is 0 Å². The van der Waals surface area contributed by atoms with Crippen LogP contribution in [0.15, 0.2) is 22.7 Å². The number of hydrogen-bond acceptors (Lipinski definition) is 2. The number of nitrogens with one attached hydrogen (secondary N) is 1. The highest BCUT2D eigenvalue weighted by Gasteiger charge is 2.14. The first-order valence-corrected chi connectivity index (χ1v) is 7.90. The number of aryl methyl sites for hydroxylation is 1. The van der Waals surface area contributed by atoms with E-state index in [2.05, 4.69) is 20.7 Å². The summed E-state index contributed by atoms with van der Waals surface area (Å²) in [4.78, 5) is 0. The lowest BCUT2D eigenvalue weighted by Gasteiger charge is -2.10. The van der Waals surface area contributed by atoms with Gasteiger partial charge in [0.2, 0.25) is 10.0 Å². The quantitative estimate of drug-likeness (QED) is 0.906. The predicted molar refractivity (Wildman–Crippen MR) is 74.6 cm³/mol. The van der Waals surface area contributed by atoms with Crippen LogP contribution in [0.25, 0.3) is 0 Å². The Morgan fingerprint density at radius 1 is 1.35 bits per heavy atom. The molecular formula is C12H18BrNO2S. The molecule has 0 radical (unpaired) electrons. The maximum atomic E-state index is 11.5. The smallest absolute Gasteiger partial charge is 0.213 e. The molecule has 0 aromatic heterocycles. The van der Waals surface area contributed by atoms with Gasteiger partial charge in [0.15, 0.2) is 0 Å². The zero-order valence-corrected chi connectivity index (χ0v) is 12.7. The third-order valence-corrected chi connectivity index (χ3v) is 4.96. The van der Waals surface area contributed by atoms with Crippen molar-refractivity contribution in [2.45, 2.75) is 32.4 Å². The Kier molecular flexibility index (Phi) is 5.16. The number of rotatable bonds is 5. The van der Waals surface area contributed by atoms with Crippen molar-refractivity contribution in [3.63, 3.8) is 0 Å². The zero-order valence-electron chi connectivity index (χ0n) is 10.3. The van der Waals surface area contributed by atoms with E-state index in [1.54, 1.807) is 13.8 Å². The average Bonchev–Trinajstić information content (AvgIpc) is 2.21. The van der Waals surface area contributed by atoms with Gasteiger partial charge in [0.05, 0.1) is 5.25 Å². The van der Waals surface area contributed by atoms with Crippen LogP contribution in [0.1, 0.15) is 25.0 Å². The molecule has 5 heteroatoms. The molecule has 0 amide bonds. The second-order valence-electron chi connectivity index (χ2n) is 4.31. The van der Waals surface area contributed by atoms with Crippen molar-refractivity contribution in [3.05, 3.63) is 33.8 Å². The molecule has 0 bridgehead atoms. The van der Waals surface area contributed by atoms with Gasteiger partial charge in [-0.2, -0.15) is 0 Å². The summed E-state index contributed by atoms with van der Waals surface area (Å²) in [5, 5.41) is -0.381. The van der Waals surface area contributed by atoms with Gasteiger partial charge >= 0.3 is 0 Å². The minimum atomic E-state index is -3.15. The Labute approximate surface area is 112 Å². The van der Waals surface area contributed by atoms with E-state index >= 15 is 0 Å². The molecule has 17 heavy (non-hydrogen) atoms. The maximum Gasteiger partial charge on any atom is 0.213 e. The molecule has 1 aromatic carbocycles. The minimum Gasteiger partial charge on any atom is -0.215 e. The predicted octanol–water partition coefficient (Wildman–Crippen LogP) is 2.63. The lowest BCUT2D eigenvalue weighted by Crippen LogP contribution is -2.32. The first kappa shape index (κ1) is 14.7. The molecule has 96 valence electrons. The fourth-order valence-electron chi connectivity index (χ4n) is 1.43. The SMILES string of the molecule is Cc1cc(Br)ccc1CCNS(=O)(=O)C(C)C. The molecule has 0 unspecified atom stereocenters. The van der Waals surface area contributed by atoms with Crippen molar-refractivity contribution < 1.29 is 8.42 Å². The van der Waals surface area contributed by atoms with E-state index in [4.69, 9.17) is 0 Å². The normalized spacial score (nSPS) is 12.1. The summed E-state index contributed by atoms with van der Waals surface area (Å²) in [6.45, 7) is 5.82. The van der Waals surface area contributed by atoms with Gasteiger partial charge in [0, 0.05) is 11.0 Å². The summed E-state index contributed by atoms with van der Waals surface area (Å²) in [6, 6.07) is 6.02. The Hall–Kier alpha value is -0.390. The summed E-state index contributed by atoms with van der Waals surface area (Å²) in [7, 11) is -3.15. The number of sulfonamides is 1. The van der Waals surface area contributed by atoms with Crippen LogP contribution in [-0.4, -0.2) is 20.2 Å². The van der Waals surface area contributed by atoms with Gasteiger partial charge in [-0.05, 0) is 50.5 Å². The number of benzene rings is 1. The standard InChI is InChI=1S/C12H18BrNO2S/c1-9(2)17(15,16)14-7-6-11-4-5-12(13)8-10(11)3/h4-5,8-9,14H,6-7H2,1-3H3. The maximum absolute atomic E-state index is 11.5. The van der Waals surface area contributed by atoms with Crippen LogP contribution in [0.2, 0.25) is 0 Å². The van der Waals surface area contributed by atoms with Crippen LogP contribution in [0.3, 0.4) is 0 Å². The zero-order chi connectivity index (χ0) is 13.1. The Morgan fingerprint density at radius 3 is 2.53 bits per heavy atom. The van der Waals surface area contributed by atoms with Crippen molar-refractivity contribution in [2.75, 3.05) is 6.54 Å². The molecule has 0 atom stereocenters. The van der Waals surface area contributed by atoms with E-state index in [1.807, 2.05) is 25.1 Å². The van der Waals surface area contributed by atoms with Crippen molar-refractivity contribution in [2.24, 2.45) is 0 Å². The van der Waals surface area contributed by atoms with E-state index in [-0.39, 0.29) is 5.25 Å². The third kappa shape index (κ3) is 4.41. The van der Waals surface area contributed by atoms with Crippen molar-refractivity contribution in [1.29, 1.82) is 0 Å². The third-order valence-electron chi connectivity index (χ3n) is 2.62. The second-order valence-corrected chi connectivity index (χ2v) is 7.55. The Balaban J connectivity index is 2.58. The van der Waals surface area contributed by atoms with E-state index in [1.165, 1.54) is 11.1 Å². The molecule has 0 aliphatic heterocycles. The summed E-state index contributed by atoms with van der Waals surface area (Å²) in [6.07, 6.45) is 0.713. The van der Waals surface area contributed by atoms with Crippen LogP contribution in [0, 0.1) is 6.92 Å². The van der Waals surface area contributed by atoms with Gasteiger partial charge < -0.3 is 0 Å². The highest BCUT2D eigenvalue weighted by atomic mass is 79.9. The topological polar surface area (TPSA) is 46.2 Å². The molecule has 0 fully saturated rings. The fourth-order valence-corrected chi connectivity index (χ4v) is 2.63. The largest absolute Gasteiger partial charge is 0.215 e. The summed E-state index contributed by atoms with van der Waals surface area (Å²) in [5.41, 5.74) is 2.34. The van der Waals surface area contributed by atoms with Crippen LogP contribution < -0.4 is 4.72 Å². The molecule has 0 spiro atoms. The average molecular weight is 320 g/mol. The molecule has 0 saturated heterocycles. The molecule has 0 aliphatic carbocycles. The van der Waals surface area contributed by atoms with E-state index in [0.29, 0.717) is 13.0 Å². The number of halogens is 1. The monoisotopic (exact) mass is 319 g/mol. The summed E-state index contributed by atoms with van der Waals surface area (Å²) < 4.78 is 26.7. The van der Waals surface area contributed by atoms with Crippen molar-refractivity contribution in [1.82, 2.24) is 4.72 Å². The molecule has 1 N–H and O–H groups in total. The number of hydrogen-bond donors (Lipinski definition) is 1. The second kappa shape index (κ2) is 5.98. The summed E-state index contributed by atoms with van der Waals surface area (Å²) in [5.74, 6) is 0. The first-order chi connectivity index (χ1) is 7.83. The lowest BCUT2D eigenvalue weighted by atomic mass is 10.1. The molecule has 1 aromatic rings. The highest BCUT2D eigenvalue weighted by molar-refractivity contribution is 9.10. The van der Waals surface area contributed by atoms with E-state index < -0.39 is 10.0 Å². The van der Waals surface area contributed by atoms with E-state index in [0.717, 1.165) is 4.47 Å². The minimum absolute atomic E-state index is 0.381. The molecule has 0 saturated carbocycles. The van der Waals surface area contributed by atoms with Gasteiger partial charge in [-0.15, -0.1) is 0 Å². The highest BCUT2D eigenvalue weighted by Crippen LogP contribution is 2.16. The fraction of sp³-hybridized carbons (Fsp3) is 0.500. The van der Waals surface area contributed by atoms with Gasteiger partial charge in [-0.1, -0.05) is 22.0 Å². The van der Waals surface area contributed by atoms with Crippen LogP contribution >= 0.6 is 15.9 Å². The van der Waals surface area contributed by atoms with Gasteiger partial charge in [-0.25, -0.2) is 13.1 Å². The van der Waals surface area contributed by atoms with Crippen LogP contribution in [0.4, 0.5) is 0 Å². The molecule has 0 heterocycles. The molecule has 0 aliphatic rings. The lowest BCUT2D eigenvalue weighted by molar-refractivity contribution is 0.572. The molecule has 1 rings (SSSR count). The van der Waals surface area contributed by atoms with Gasteiger partial charge in [-0.3, -0.25) is 0 Å². The Bertz CT molecular complexity index is 483. The van der Waals surface area contributed by atoms with Crippen LogP contribution in [-0.2, 0) is 16.4 Å².